The lowest BCUT2D eigenvalue weighted by Crippen LogP contribution is -2.23. The number of anilines is 1. The largest absolute Gasteiger partial charge is 0.351 e. The normalized spacial score (nSPS) is 9.80. The van der Waals surface area contributed by atoms with E-state index in [-0.39, 0.29) is 5.91 Å². The monoisotopic (exact) mass is 269 g/mol. The van der Waals surface area contributed by atoms with Crippen LogP contribution in [0.2, 0.25) is 0 Å². The van der Waals surface area contributed by atoms with Gasteiger partial charge in [-0.3, -0.25) is 9.78 Å². The van der Waals surface area contributed by atoms with Crippen LogP contribution in [0.5, 0.6) is 0 Å². The maximum absolute atomic E-state index is 11.9. The summed E-state index contributed by atoms with van der Waals surface area (Å²) < 4.78 is 0. The first-order valence-electron chi connectivity index (χ1n) is 6.13. The zero-order chi connectivity index (χ0) is 14.2. The summed E-state index contributed by atoms with van der Waals surface area (Å²) in [5.41, 5.74) is 1.35. The van der Waals surface area contributed by atoms with E-state index >= 15 is 0 Å². The molecular weight excluding hydrogens is 254 g/mol. The highest BCUT2D eigenvalue weighted by molar-refractivity contribution is 5.93. The van der Waals surface area contributed by atoms with Crippen molar-refractivity contribution in [3.8, 4) is 0 Å². The molecule has 0 aliphatic rings. The molecule has 2 aromatic rings. The number of amides is 1. The Labute approximate surface area is 117 Å². The van der Waals surface area contributed by atoms with Gasteiger partial charge in [0.25, 0.3) is 5.91 Å². The maximum Gasteiger partial charge on any atom is 0.254 e. The van der Waals surface area contributed by atoms with Crippen LogP contribution < -0.4 is 10.6 Å². The van der Waals surface area contributed by atoms with E-state index in [1.54, 1.807) is 18.5 Å². The fraction of sp³-hybridized carbons (Fsp3) is 0.143. The predicted octanol–water partition coefficient (Wildman–Crippen LogP) is 1.40. The summed E-state index contributed by atoms with van der Waals surface area (Å²) in [7, 11) is 0. The van der Waals surface area contributed by atoms with Crippen molar-refractivity contribution in [2.75, 3.05) is 11.9 Å². The van der Waals surface area contributed by atoms with Gasteiger partial charge in [0.2, 0.25) is 5.95 Å². The van der Waals surface area contributed by atoms with Gasteiger partial charge in [-0.25, -0.2) is 9.97 Å². The number of carbonyl (C=O) groups is 1. The zero-order valence-corrected chi connectivity index (χ0v) is 10.9. The summed E-state index contributed by atoms with van der Waals surface area (Å²) in [6, 6.07) is 3.72. The SMILES string of the molecule is C=CCNc1ncc(C(=O)NCc2cccnc2)cn1. The second-order valence-corrected chi connectivity index (χ2v) is 4.01. The molecular formula is C14H15N5O. The Morgan fingerprint density at radius 2 is 2.10 bits per heavy atom. The lowest BCUT2D eigenvalue weighted by molar-refractivity contribution is 0.0950. The Morgan fingerprint density at radius 1 is 1.30 bits per heavy atom. The van der Waals surface area contributed by atoms with E-state index in [1.165, 1.54) is 12.4 Å². The van der Waals surface area contributed by atoms with Crippen molar-refractivity contribution in [2.45, 2.75) is 6.54 Å². The molecule has 2 aromatic heterocycles. The molecule has 0 aliphatic carbocycles. The summed E-state index contributed by atoms with van der Waals surface area (Å²) >= 11 is 0. The lowest BCUT2D eigenvalue weighted by atomic mass is 10.2. The van der Waals surface area contributed by atoms with Crippen LogP contribution in [0.1, 0.15) is 15.9 Å². The lowest BCUT2D eigenvalue weighted by Gasteiger charge is -2.05. The number of hydrogen-bond acceptors (Lipinski definition) is 5. The number of nitrogens with zero attached hydrogens (tertiary/aromatic N) is 3. The standard InChI is InChI=1S/C14H15N5O/c1-2-5-16-14-18-9-12(10-19-14)13(20)17-8-11-4-3-6-15-7-11/h2-4,6-7,9-10H,1,5,8H2,(H,17,20)(H,16,18,19). The molecule has 0 saturated heterocycles. The van der Waals surface area contributed by atoms with E-state index < -0.39 is 0 Å². The highest BCUT2D eigenvalue weighted by atomic mass is 16.1. The van der Waals surface area contributed by atoms with Crippen LogP contribution in [0.3, 0.4) is 0 Å². The molecule has 0 atom stereocenters. The van der Waals surface area contributed by atoms with Gasteiger partial charge in [-0.15, -0.1) is 6.58 Å². The Bertz CT molecular complexity index is 568. The highest BCUT2D eigenvalue weighted by Gasteiger charge is 2.06. The molecule has 0 aromatic carbocycles. The predicted molar refractivity (Wildman–Crippen MR) is 76.1 cm³/mol. The highest BCUT2D eigenvalue weighted by Crippen LogP contribution is 2.01. The van der Waals surface area contributed by atoms with Gasteiger partial charge < -0.3 is 10.6 Å². The average Bonchev–Trinajstić information content (AvgIpc) is 2.52. The molecule has 2 heterocycles. The third-order valence-electron chi connectivity index (χ3n) is 2.49. The van der Waals surface area contributed by atoms with Crippen molar-refractivity contribution in [3.05, 3.63) is 60.7 Å². The van der Waals surface area contributed by atoms with Crippen molar-refractivity contribution in [1.29, 1.82) is 0 Å². The van der Waals surface area contributed by atoms with E-state index in [9.17, 15) is 4.79 Å². The van der Waals surface area contributed by atoms with E-state index in [0.29, 0.717) is 24.6 Å². The Hall–Kier alpha value is -2.76. The molecule has 1 amide bonds. The Balaban J connectivity index is 1.90. The minimum absolute atomic E-state index is 0.218. The number of hydrogen-bond donors (Lipinski definition) is 2. The summed E-state index contributed by atoms with van der Waals surface area (Å²) in [6.07, 6.45) is 8.07. The molecule has 102 valence electrons. The summed E-state index contributed by atoms with van der Waals surface area (Å²) in [5.74, 6) is 0.248. The van der Waals surface area contributed by atoms with Gasteiger partial charge in [-0.2, -0.15) is 0 Å². The van der Waals surface area contributed by atoms with Crippen LogP contribution in [0.25, 0.3) is 0 Å². The molecule has 0 bridgehead atoms. The first kappa shape index (κ1) is 13.7. The number of nitrogens with one attached hydrogen (secondary N) is 2. The van der Waals surface area contributed by atoms with Crippen LogP contribution in [0.15, 0.2) is 49.6 Å². The minimum atomic E-state index is -0.218. The van der Waals surface area contributed by atoms with Gasteiger partial charge in [0, 0.05) is 37.9 Å². The first-order valence-corrected chi connectivity index (χ1v) is 6.13. The van der Waals surface area contributed by atoms with Crippen molar-refractivity contribution in [2.24, 2.45) is 0 Å². The van der Waals surface area contributed by atoms with Crippen molar-refractivity contribution in [1.82, 2.24) is 20.3 Å². The second-order valence-electron chi connectivity index (χ2n) is 4.01. The quantitative estimate of drug-likeness (QED) is 0.775. The van der Waals surface area contributed by atoms with Crippen LogP contribution >= 0.6 is 0 Å². The van der Waals surface area contributed by atoms with Gasteiger partial charge in [-0.05, 0) is 11.6 Å². The molecule has 6 nitrogen and oxygen atoms in total. The summed E-state index contributed by atoms with van der Waals surface area (Å²) in [6.45, 7) is 4.58. The summed E-state index contributed by atoms with van der Waals surface area (Å²) in [4.78, 5) is 24.0. The molecule has 6 heteroatoms. The number of aromatic nitrogens is 3. The molecule has 2 N–H and O–H groups in total. The molecule has 20 heavy (non-hydrogen) atoms. The van der Waals surface area contributed by atoms with Crippen molar-refractivity contribution < 1.29 is 4.79 Å². The van der Waals surface area contributed by atoms with E-state index in [0.717, 1.165) is 5.56 Å². The average molecular weight is 269 g/mol. The van der Waals surface area contributed by atoms with Gasteiger partial charge >= 0.3 is 0 Å². The van der Waals surface area contributed by atoms with Crippen LogP contribution in [-0.2, 0) is 6.54 Å². The molecule has 0 unspecified atom stereocenters. The van der Waals surface area contributed by atoms with E-state index in [4.69, 9.17) is 0 Å². The smallest absolute Gasteiger partial charge is 0.254 e. The number of pyridine rings is 1. The topological polar surface area (TPSA) is 79.8 Å². The molecule has 0 spiro atoms. The molecule has 0 radical (unpaired) electrons. The van der Waals surface area contributed by atoms with Crippen LogP contribution in [-0.4, -0.2) is 27.4 Å². The fourth-order valence-electron chi connectivity index (χ4n) is 1.49. The number of rotatable bonds is 6. The van der Waals surface area contributed by atoms with E-state index in [2.05, 4.69) is 32.2 Å². The molecule has 0 aliphatic heterocycles. The summed E-state index contributed by atoms with van der Waals surface area (Å²) in [5, 5.41) is 5.72. The van der Waals surface area contributed by atoms with E-state index in [1.807, 2.05) is 12.1 Å². The Kier molecular flexibility index (Phi) is 4.77. The van der Waals surface area contributed by atoms with Gasteiger partial charge in [-0.1, -0.05) is 12.1 Å². The van der Waals surface area contributed by atoms with Crippen molar-refractivity contribution >= 4 is 11.9 Å². The zero-order valence-electron chi connectivity index (χ0n) is 10.9. The fourth-order valence-corrected chi connectivity index (χ4v) is 1.49. The third kappa shape index (κ3) is 3.88. The second kappa shape index (κ2) is 6.98. The first-order chi connectivity index (χ1) is 9.79. The van der Waals surface area contributed by atoms with Gasteiger partial charge in [0.1, 0.15) is 0 Å². The van der Waals surface area contributed by atoms with Gasteiger partial charge in [0.05, 0.1) is 5.56 Å². The van der Waals surface area contributed by atoms with Crippen molar-refractivity contribution in [3.63, 3.8) is 0 Å². The molecule has 2 rings (SSSR count). The van der Waals surface area contributed by atoms with Crippen LogP contribution in [0, 0.1) is 0 Å². The Morgan fingerprint density at radius 3 is 2.75 bits per heavy atom. The van der Waals surface area contributed by atoms with Crippen LogP contribution in [0.4, 0.5) is 5.95 Å². The molecule has 0 fully saturated rings. The van der Waals surface area contributed by atoms with Gasteiger partial charge in [0.15, 0.2) is 0 Å². The number of carbonyl (C=O) groups excluding carboxylic acids is 1. The maximum atomic E-state index is 11.9. The minimum Gasteiger partial charge on any atom is -0.351 e. The molecule has 0 saturated carbocycles. The third-order valence-corrected chi connectivity index (χ3v) is 2.49.